The van der Waals surface area contributed by atoms with Gasteiger partial charge in [-0.3, -0.25) is 14.8 Å². The Hall–Kier alpha value is -2.40. The van der Waals surface area contributed by atoms with Crippen molar-refractivity contribution in [3.8, 4) is 0 Å². The van der Waals surface area contributed by atoms with Gasteiger partial charge in [0.15, 0.2) is 0 Å². The minimum atomic E-state index is -0.361. The van der Waals surface area contributed by atoms with Crippen molar-refractivity contribution in [3.63, 3.8) is 0 Å². The van der Waals surface area contributed by atoms with Crippen molar-refractivity contribution in [3.05, 3.63) is 47.5 Å². The van der Waals surface area contributed by atoms with Crippen molar-refractivity contribution < 1.29 is 14.8 Å². The molecule has 2 amide bonds. The van der Waals surface area contributed by atoms with Crippen LogP contribution in [-0.2, 0) is 11.3 Å². The van der Waals surface area contributed by atoms with Crippen molar-refractivity contribution in [2.45, 2.75) is 32.2 Å². The number of benzene rings is 2. The van der Waals surface area contributed by atoms with Crippen molar-refractivity contribution >= 4 is 22.6 Å². The van der Waals surface area contributed by atoms with E-state index in [4.69, 9.17) is 5.21 Å². The molecule has 0 bridgehead atoms. The van der Waals surface area contributed by atoms with E-state index in [1.807, 2.05) is 35.2 Å². The summed E-state index contributed by atoms with van der Waals surface area (Å²) in [5, 5.41) is 10.6. The summed E-state index contributed by atoms with van der Waals surface area (Å²) < 4.78 is 0. The minimum absolute atomic E-state index is 0.0856. The Bertz CT molecular complexity index is 737. The Morgan fingerprint density at radius 1 is 1.13 bits per heavy atom. The smallest absolute Gasteiger partial charge is 0.254 e. The molecule has 0 spiro atoms. The highest BCUT2D eigenvalue weighted by Crippen LogP contribution is 2.29. The Morgan fingerprint density at radius 3 is 2.70 bits per heavy atom. The monoisotopic (exact) mass is 312 g/mol. The predicted octanol–water partition coefficient (Wildman–Crippen LogP) is 2.86. The molecule has 2 aromatic carbocycles. The molecule has 5 heteroatoms. The highest BCUT2D eigenvalue weighted by molar-refractivity contribution is 6.09. The van der Waals surface area contributed by atoms with Crippen LogP contribution in [0.3, 0.4) is 0 Å². The summed E-state index contributed by atoms with van der Waals surface area (Å²) in [5.74, 6) is -0.276. The second-order valence-electron chi connectivity index (χ2n) is 5.89. The molecular weight excluding hydrogens is 292 g/mol. The van der Waals surface area contributed by atoms with Gasteiger partial charge in [-0.15, -0.1) is 0 Å². The molecule has 0 atom stereocenters. The van der Waals surface area contributed by atoms with Crippen molar-refractivity contribution in [2.24, 2.45) is 0 Å². The van der Waals surface area contributed by atoms with Gasteiger partial charge >= 0.3 is 0 Å². The van der Waals surface area contributed by atoms with Crippen LogP contribution in [0, 0.1) is 0 Å². The third-order valence-corrected chi connectivity index (χ3v) is 4.33. The number of rotatable bonds is 6. The fourth-order valence-corrected chi connectivity index (χ4v) is 3.18. The fraction of sp³-hybridized carbons (Fsp3) is 0.333. The molecule has 0 radical (unpaired) electrons. The zero-order chi connectivity index (χ0) is 16.2. The molecule has 1 heterocycles. The summed E-state index contributed by atoms with van der Waals surface area (Å²) in [6.07, 6.45) is 2.72. The Morgan fingerprint density at radius 2 is 1.91 bits per heavy atom. The largest absolute Gasteiger partial charge is 0.334 e. The standard InChI is InChI=1S/C18H20N2O3/c21-16(19-23)10-2-1-3-11-20-12-14-8-4-6-13-7-5-9-15(17(13)14)18(20)22/h4-9,23H,1-3,10-12H2,(H,19,21). The molecule has 2 N–H and O–H groups in total. The van der Waals surface area contributed by atoms with E-state index in [0.29, 0.717) is 25.9 Å². The maximum absolute atomic E-state index is 12.7. The molecule has 0 saturated heterocycles. The van der Waals surface area contributed by atoms with Crippen LogP contribution in [0.15, 0.2) is 36.4 Å². The first-order valence-electron chi connectivity index (χ1n) is 7.93. The van der Waals surface area contributed by atoms with E-state index < -0.39 is 0 Å². The van der Waals surface area contributed by atoms with Gasteiger partial charge in [0, 0.05) is 25.1 Å². The number of hydroxylamine groups is 1. The van der Waals surface area contributed by atoms with Gasteiger partial charge in [-0.05, 0) is 35.2 Å². The molecule has 0 unspecified atom stereocenters. The number of amides is 2. The second-order valence-corrected chi connectivity index (χ2v) is 5.89. The SMILES string of the molecule is O=C(CCCCCN1Cc2cccc3cccc(c23)C1=O)NO. The summed E-state index contributed by atoms with van der Waals surface area (Å²) in [5.41, 5.74) is 3.60. The lowest BCUT2D eigenvalue weighted by Crippen LogP contribution is -2.34. The third kappa shape index (κ3) is 3.19. The normalized spacial score (nSPS) is 13.4. The lowest BCUT2D eigenvalue weighted by Gasteiger charge is -2.29. The number of carbonyl (C=O) groups is 2. The van der Waals surface area contributed by atoms with E-state index in [9.17, 15) is 9.59 Å². The Labute approximate surface area is 134 Å². The molecule has 23 heavy (non-hydrogen) atoms. The molecule has 0 aliphatic carbocycles. The van der Waals surface area contributed by atoms with Crippen LogP contribution in [0.1, 0.15) is 41.6 Å². The van der Waals surface area contributed by atoms with Crippen LogP contribution >= 0.6 is 0 Å². The molecular formula is C18H20N2O3. The van der Waals surface area contributed by atoms with E-state index in [-0.39, 0.29) is 11.8 Å². The summed E-state index contributed by atoms with van der Waals surface area (Å²) in [6.45, 7) is 1.33. The lowest BCUT2D eigenvalue weighted by atomic mass is 9.94. The zero-order valence-electron chi connectivity index (χ0n) is 12.9. The van der Waals surface area contributed by atoms with E-state index in [1.165, 1.54) is 5.56 Å². The highest BCUT2D eigenvalue weighted by Gasteiger charge is 2.24. The number of hydrogen-bond acceptors (Lipinski definition) is 3. The molecule has 1 aliphatic heterocycles. The van der Waals surface area contributed by atoms with E-state index in [2.05, 4.69) is 6.07 Å². The maximum Gasteiger partial charge on any atom is 0.254 e. The van der Waals surface area contributed by atoms with Gasteiger partial charge in [-0.2, -0.15) is 0 Å². The predicted molar refractivity (Wildman–Crippen MR) is 87.1 cm³/mol. The van der Waals surface area contributed by atoms with Crippen LogP contribution < -0.4 is 5.48 Å². The van der Waals surface area contributed by atoms with E-state index in [1.54, 1.807) is 5.48 Å². The van der Waals surface area contributed by atoms with Gasteiger partial charge in [0.2, 0.25) is 5.91 Å². The molecule has 2 aromatic rings. The van der Waals surface area contributed by atoms with Gasteiger partial charge in [0.25, 0.3) is 5.91 Å². The van der Waals surface area contributed by atoms with Crippen molar-refractivity contribution in [1.82, 2.24) is 10.4 Å². The fourth-order valence-electron chi connectivity index (χ4n) is 3.18. The first-order chi connectivity index (χ1) is 11.2. The maximum atomic E-state index is 12.7. The molecule has 3 rings (SSSR count). The van der Waals surface area contributed by atoms with Gasteiger partial charge in [0.1, 0.15) is 0 Å². The number of nitrogens with one attached hydrogen (secondary N) is 1. The summed E-state index contributed by atoms with van der Waals surface area (Å²) >= 11 is 0. The molecule has 1 aliphatic rings. The number of unbranched alkanes of at least 4 members (excludes halogenated alkanes) is 2. The molecule has 0 fully saturated rings. The van der Waals surface area contributed by atoms with Crippen LogP contribution in [0.2, 0.25) is 0 Å². The summed E-state index contributed by atoms with van der Waals surface area (Å²) in [4.78, 5) is 25.5. The van der Waals surface area contributed by atoms with Crippen LogP contribution in [0.5, 0.6) is 0 Å². The first-order valence-corrected chi connectivity index (χ1v) is 7.93. The second kappa shape index (κ2) is 6.79. The van der Waals surface area contributed by atoms with Crippen LogP contribution in [-0.4, -0.2) is 28.5 Å². The molecule has 120 valence electrons. The molecule has 0 saturated carbocycles. The zero-order valence-corrected chi connectivity index (χ0v) is 12.9. The Kier molecular flexibility index (Phi) is 4.57. The number of nitrogens with zero attached hydrogens (tertiary/aromatic N) is 1. The van der Waals surface area contributed by atoms with Crippen molar-refractivity contribution in [2.75, 3.05) is 6.54 Å². The molecule has 5 nitrogen and oxygen atoms in total. The van der Waals surface area contributed by atoms with Gasteiger partial charge in [-0.1, -0.05) is 36.8 Å². The van der Waals surface area contributed by atoms with E-state index in [0.717, 1.165) is 29.2 Å². The topological polar surface area (TPSA) is 69.6 Å². The average molecular weight is 312 g/mol. The number of carbonyl (C=O) groups excluding carboxylic acids is 2. The summed E-state index contributed by atoms with van der Waals surface area (Å²) in [7, 11) is 0. The van der Waals surface area contributed by atoms with Gasteiger partial charge in [-0.25, -0.2) is 5.48 Å². The lowest BCUT2D eigenvalue weighted by molar-refractivity contribution is -0.129. The van der Waals surface area contributed by atoms with E-state index >= 15 is 0 Å². The van der Waals surface area contributed by atoms with Crippen molar-refractivity contribution in [1.29, 1.82) is 0 Å². The highest BCUT2D eigenvalue weighted by atomic mass is 16.5. The summed E-state index contributed by atoms with van der Waals surface area (Å²) in [6, 6.07) is 12.0. The quantitative estimate of drug-likeness (QED) is 0.489. The number of hydrogen-bond donors (Lipinski definition) is 2. The van der Waals surface area contributed by atoms with Gasteiger partial charge < -0.3 is 4.90 Å². The minimum Gasteiger partial charge on any atom is -0.334 e. The molecule has 0 aromatic heterocycles. The average Bonchev–Trinajstić information content (AvgIpc) is 2.58. The van der Waals surface area contributed by atoms with Crippen LogP contribution in [0.25, 0.3) is 10.8 Å². The van der Waals surface area contributed by atoms with Gasteiger partial charge in [0.05, 0.1) is 0 Å². The Balaban J connectivity index is 1.63. The first kappa shape index (κ1) is 15.5. The third-order valence-electron chi connectivity index (χ3n) is 4.33. The van der Waals surface area contributed by atoms with Crippen LogP contribution in [0.4, 0.5) is 0 Å².